The Morgan fingerprint density at radius 2 is 2.11 bits per heavy atom. The minimum atomic E-state index is -3.68. The van der Waals surface area contributed by atoms with E-state index >= 15 is 0 Å². The van der Waals surface area contributed by atoms with E-state index < -0.39 is 10.0 Å². The summed E-state index contributed by atoms with van der Waals surface area (Å²) in [4.78, 5) is 0.0212. The average molecular weight is 358 g/mol. The van der Waals surface area contributed by atoms with Crippen LogP contribution in [0.15, 0.2) is 21.5 Å². The molecule has 0 heterocycles. The van der Waals surface area contributed by atoms with Gasteiger partial charge in [0.05, 0.1) is 9.37 Å². The second kappa shape index (κ2) is 6.21. The van der Waals surface area contributed by atoms with Crippen molar-refractivity contribution in [2.24, 2.45) is 0 Å². The Balaban J connectivity index is 3.20. The van der Waals surface area contributed by atoms with Gasteiger partial charge in [0.25, 0.3) is 0 Å². The number of hydrogen-bond acceptors (Lipinski definition) is 4. The molecule has 0 amide bonds. The van der Waals surface area contributed by atoms with E-state index in [9.17, 15) is 8.42 Å². The molecule has 0 radical (unpaired) electrons. The third kappa shape index (κ3) is 3.36. The van der Waals surface area contributed by atoms with Crippen molar-refractivity contribution < 1.29 is 13.5 Å². The zero-order valence-electron chi connectivity index (χ0n) is 9.73. The number of nitrogens with zero attached hydrogens (tertiary/aromatic N) is 1. The molecule has 5 nitrogen and oxygen atoms in total. The first-order valence-corrected chi connectivity index (χ1v) is 7.73. The van der Waals surface area contributed by atoms with Crippen molar-refractivity contribution in [1.29, 1.82) is 0 Å². The smallest absolute Gasteiger partial charge is 0.244 e. The number of anilines is 1. The molecular weight excluding hydrogens is 344 g/mol. The van der Waals surface area contributed by atoms with Crippen LogP contribution >= 0.6 is 27.5 Å². The molecule has 0 aliphatic heterocycles. The summed E-state index contributed by atoms with van der Waals surface area (Å²) in [5.74, 6) is 0. The van der Waals surface area contributed by atoms with Crippen LogP contribution in [0.4, 0.5) is 5.69 Å². The summed E-state index contributed by atoms with van der Waals surface area (Å²) in [6.07, 6.45) is 0.364. The van der Waals surface area contributed by atoms with Crippen LogP contribution < -0.4 is 5.73 Å². The summed E-state index contributed by atoms with van der Waals surface area (Å²) >= 11 is 8.96. The van der Waals surface area contributed by atoms with E-state index in [1.165, 1.54) is 19.2 Å². The number of rotatable bonds is 5. The molecule has 0 fully saturated rings. The molecule has 1 rings (SSSR count). The maximum absolute atomic E-state index is 12.3. The van der Waals surface area contributed by atoms with E-state index in [4.69, 9.17) is 22.4 Å². The minimum absolute atomic E-state index is 0.0212. The van der Waals surface area contributed by atoms with Crippen LogP contribution in [0.25, 0.3) is 0 Å². The van der Waals surface area contributed by atoms with Crippen LogP contribution in [0, 0.1) is 0 Å². The zero-order valence-corrected chi connectivity index (χ0v) is 12.9. The molecule has 0 atom stereocenters. The van der Waals surface area contributed by atoms with Crippen molar-refractivity contribution in [2.75, 3.05) is 25.9 Å². The van der Waals surface area contributed by atoms with E-state index in [1.807, 2.05) is 0 Å². The van der Waals surface area contributed by atoms with Gasteiger partial charge >= 0.3 is 0 Å². The summed E-state index contributed by atoms with van der Waals surface area (Å²) in [6.45, 7) is 0.149. The maximum Gasteiger partial charge on any atom is 0.244 e. The third-order valence-electron chi connectivity index (χ3n) is 2.35. The number of sulfonamides is 1. The van der Waals surface area contributed by atoms with Gasteiger partial charge in [0.1, 0.15) is 0 Å². The summed E-state index contributed by atoms with van der Waals surface area (Å²) in [5, 5.41) is 8.98. The Bertz CT molecular complexity index is 536. The molecule has 102 valence electrons. The first-order valence-electron chi connectivity index (χ1n) is 5.12. The first kappa shape index (κ1) is 15.7. The van der Waals surface area contributed by atoms with Crippen LogP contribution in [-0.4, -0.2) is 38.0 Å². The molecule has 1 aromatic rings. The lowest BCUT2D eigenvalue weighted by atomic mass is 10.3. The summed E-state index contributed by atoms with van der Waals surface area (Å²) in [6, 6.07) is 2.81. The number of benzene rings is 1. The van der Waals surface area contributed by atoms with Gasteiger partial charge in [-0.05, 0) is 34.5 Å². The molecule has 0 aromatic heterocycles. The Kier molecular flexibility index (Phi) is 5.42. The Hall–Kier alpha value is -0.340. The largest absolute Gasteiger partial charge is 0.398 e. The topological polar surface area (TPSA) is 83.6 Å². The van der Waals surface area contributed by atoms with Crippen molar-refractivity contribution >= 4 is 43.2 Å². The van der Waals surface area contributed by atoms with Crippen molar-refractivity contribution in [2.45, 2.75) is 11.3 Å². The van der Waals surface area contributed by atoms with Gasteiger partial charge in [0.2, 0.25) is 10.0 Å². The van der Waals surface area contributed by atoms with Gasteiger partial charge in [-0.15, -0.1) is 0 Å². The van der Waals surface area contributed by atoms with E-state index in [1.54, 1.807) is 0 Å². The van der Waals surface area contributed by atoms with Crippen LogP contribution in [0.5, 0.6) is 0 Å². The van der Waals surface area contributed by atoms with E-state index in [0.29, 0.717) is 10.9 Å². The predicted octanol–water partition coefficient (Wildman–Crippen LogP) is 1.69. The van der Waals surface area contributed by atoms with E-state index in [0.717, 1.165) is 4.31 Å². The summed E-state index contributed by atoms with van der Waals surface area (Å²) in [7, 11) is -2.24. The maximum atomic E-state index is 12.3. The van der Waals surface area contributed by atoms with Gasteiger partial charge in [0, 0.05) is 30.9 Å². The zero-order chi connectivity index (χ0) is 13.9. The normalized spacial score (nSPS) is 12.1. The monoisotopic (exact) mass is 356 g/mol. The minimum Gasteiger partial charge on any atom is -0.398 e. The van der Waals surface area contributed by atoms with E-state index in [2.05, 4.69) is 15.9 Å². The fourth-order valence-corrected chi connectivity index (χ4v) is 3.81. The van der Waals surface area contributed by atoms with Crippen molar-refractivity contribution in [1.82, 2.24) is 4.31 Å². The van der Waals surface area contributed by atoms with Crippen LogP contribution in [0.2, 0.25) is 5.02 Å². The molecule has 0 aliphatic carbocycles. The molecule has 0 aliphatic rings. The number of nitrogen functional groups attached to an aromatic ring is 1. The van der Waals surface area contributed by atoms with Gasteiger partial charge in [-0.3, -0.25) is 0 Å². The van der Waals surface area contributed by atoms with Crippen molar-refractivity contribution in [3.63, 3.8) is 0 Å². The highest BCUT2D eigenvalue weighted by Gasteiger charge is 2.24. The van der Waals surface area contributed by atoms with Crippen LogP contribution in [0.1, 0.15) is 6.42 Å². The predicted molar refractivity (Wildman–Crippen MR) is 75.1 cm³/mol. The first-order chi connectivity index (χ1) is 8.30. The number of aliphatic hydroxyl groups excluding tert-OH is 1. The van der Waals surface area contributed by atoms with Crippen molar-refractivity contribution in [3.05, 3.63) is 21.6 Å². The molecule has 0 saturated heterocycles. The summed E-state index contributed by atoms with van der Waals surface area (Å²) in [5.41, 5.74) is 5.92. The lowest BCUT2D eigenvalue weighted by molar-refractivity contribution is 0.275. The Morgan fingerprint density at radius 3 is 2.67 bits per heavy atom. The van der Waals surface area contributed by atoms with Crippen molar-refractivity contribution in [3.8, 4) is 0 Å². The van der Waals surface area contributed by atoms with Gasteiger partial charge in [-0.2, -0.15) is 0 Å². The molecular formula is C10H14BrClN2O3S. The fraction of sp³-hybridized carbons (Fsp3) is 0.400. The average Bonchev–Trinajstić information content (AvgIpc) is 2.30. The fourth-order valence-electron chi connectivity index (χ4n) is 1.35. The molecule has 0 saturated carbocycles. The van der Waals surface area contributed by atoms with Crippen LogP contribution in [-0.2, 0) is 10.0 Å². The van der Waals surface area contributed by atoms with Crippen LogP contribution in [0.3, 0.4) is 0 Å². The molecule has 1 aromatic carbocycles. The lowest BCUT2D eigenvalue weighted by Gasteiger charge is -2.18. The molecule has 18 heavy (non-hydrogen) atoms. The van der Waals surface area contributed by atoms with Gasteiger partial charge in [0.15, 0.2) is 0 Å². The van der Waals surface area contributed by atoms with Gasteiger partial charge < -0.3 is 10.8 Å². The third-order valence-corrected chi connectivity index (χ3v) is 5.60. The molecule has 0 unspecified atom stereocenters. The number of hydrogen-bond donors (Lipinski definition) is 2. The molecule has 0 bridgehead atoms. The Morgan fingerprint density at radius 1 is 1.50 bits per heavy atom. The standard InChI is InChI=1S/C10H14BrClN2O3S/c1-14(3-2-4-15)18(16,17)9-6-7(12)5-8(13)10(9)11/h5-6,15H,2-4,13H2,1H3. The molecule has 0 spiro atoms. The second-order valence-corrected chi connectivity index (χ2v) is 6.95. The van der Waals surface area contributed by atoms with Gasteiger partial charge in [-0.25, -0.2) is 12.7 Å². The number of halogens is 2. The SMILES string of the molecule is CN(CCCO)S(=O)(=O)c1cc(Cl)cc(N)c1Br. The number of nitrogens with two attached hydrogens (primary N) is 1. The van der Waals surface area contributed by atoms with Gasteiger partial charge in [-0.1, -0.05) is 11.6 Å². The highest BCUT2D eigenvalue weighted by Crippen LogP contribution is 2.32. The Labute approximate surface area is 120 Å². The number of aliphatic hydroxyl groups is 1. The highest BCUT2D eigenvalue weighted by atomic mass is 79.9. The lowest BCUT2D eigenvalue weighted by Crippen LogP contribution is -2.28. The van der Waals surface area contributed by atoms with E-state index in [-0.39, 0.29) is 28.8 Å². The molecule has 8 heteroatoms. The highest BCUT2D eigenvalue weighted by molar-refractivity contribution is 9.10. The quantitative estimate of drug-likeness (QED) is 0.786. The molecule has 3 N–H and O–H groups in total. The second-order valence-electron chi connectivity index (χ2n) is 3.71. The summed E-state index contributed by atoms with van der Waals surface area (Å²) < 4.78 is 26.0.